The van der Waals surface area contributed by atoms with Gasteiger partial charge in [-0.2, -0.15) is 0 Å². The van der Waals surface area contributed by atoms with Gasteiger partial charge in [0.05, 0.1) is 22.4 Å². The number of hydrogen-bond donors (Lipinski definition) is 2. The van der Waals surface area contributed by atoms with E-state index in [1.807, 2.05) is 84.9 Å². The molecule has 8 aromatic rings. The summed E-state index contributed by atoms with van der Waals surface area (Å²) in [6, 6.07) is 57.3. The van der Waals surface area contributed by atoms with Gasteiger partial charge in [-0.3, -0.25) is 10.1 Å². The third kappa shape index (κ3) is 5.67. The quantitative estimate of drug-likeness (QED) is 0.131. The summed E-state index contributed by atoms with van der Waals surface area (Å²) in [5, 5.41) is 2.34. The molecule has 0 spiro atoms. The zero-order valence-corrected chi connectivity index (χ0v) is 26.1. The highest BCUT2D eigenvalue weighted by Crippen LogP contribution is 2.31. The van der Waals surface area contributed by atoms with E-state index >= 15 is 0 Å². The Morgan fingerprint density at radius 2 is 1.04 bits per heavy atom. The molecule has 0 saturated carbocycles. The Bertz CT molecular complexity index is 2270. The number of rotatable bonds is 8. The number of nitrogens with zero attached hydrogens (tertiary/aromatic N) is 4. The Morgan fingerprint density at radius 1 is 0.542 bits per heavy atom. The van der Waals surface area contributed by atoms with Crippen molar-refractivity contribution in [3.63, 3.8) is 0 Å². The largest absolute Gasteiger partial charge is 0.383 e. The van der Waals surface area contributed by atoms with E-state index in [0.717, 1.165) is 50.2 Å². The lowest BCUT2D eigenvalue weighted by atomic mass is 10.1. The summed E-state index contributed by atoms with van der Waals surface area (Å²) in [4.78, 5) is 15.1. The van der Waals surface area contributed by atoms with Gasteiger partial charge < -0.3 is 5.73 Å². The second kappa shape index (κ2) is 12.7. The summed E-state index contributed by atoms with van der Waals surface area (Å²) >= 11 is 0. The number of aromatic nitrogens is 3. The van der Waals surface area contributed by atoms with Crippen LogP contribution in [0.15, 0.2) is 175 Å². The minimum absolute atomic E-state index is 0.404. The van der Waals surface area contributed by atoms with E-state index < -0.39 is 6.17 Å². The van der Waals surface area contributed by atoms with Crippen molar-refractivity contribution >= 4 is 27.6 Å². The van der Waals surface area contributed by atoms with Crippen molar-refractivity contribution < 1.29 is 0 Å². The molecule has 0 aliphatic rings. The van der Waals surface area contributed by atoms with Crippen molar-refractivity contribution in [2.75, 3.05) is 5.43 Å². The highest BCUT2D eigenvalue weighted by Gasteiger charge is 2.17. The molecule has 8 rings (SSSR count). The van der Waals surface area contributed by atoms with Gasteiger partial charge in [0.1, 0.15) is 5.84 Å². The lowest BCUT2D eigenvalue weighted by Crippen LogP contribution is -2.23. The average Bonchev–Trinajstić information content (AvgIpc) is 3.48. The molecule has 230 valence electrons. The molecule has 1 unspecified atom stereocenters. The minimum Gasteiger partial charge on any atom is -0.383 e. The van der Waals surface area contributed by atoms with Gasteiger partial charge in [0.25, 0.3) is 0 Å². The van der Waals surface area contributed by atoms with Gasteiger partial charge in [-0.05, 0) is 29.8 Å². The maximum absolute atomic E-state index is 6.84. The molecule has 2 aromatic heterocycles. The molecule has 6 nitrogen and oxygen atoms in total. The number of aliphatic imine (C=N–C) groups is 1. The molecule has 0 fully saturated rings. The number of benzene rings is 6. The van der Waals surface area contributed by atoms with E-state index in [4.69, 9.17) is 20.7 Å². The molecule has 6 heteroatoms. The fourth-order valence-corrected chi connectivity index (χ4v) is 6.12. The predicted octanol–water partition coefficient (Wildman–Crippen LogP) is 9.23. The standard InChI is InChI=1S/C42H32N6/c43-40(46-42(31-19-8-3-9-20-31)47-48-38-25-12-10-23-34(38)35-24-11-13-26-39(35)48)32-21-14-22-33(27-32)41-44-36(29-15-4-1-5-16-29)28-37(45-41)30-17-6-2-7-18-30/h1-28,42,47H,(H2,43,46). The summed E-state index contributed by atoms with van der Waals surface area (Å²) in [5.74, 6) is 1.02. The van der Waals surface area contributed by atoms with Gasteiger partial charge in [-0.15, -0.1) is 0 Å². The van der Waals surface area contributed by atoms with Gasteiger partial charge >= 0.3 is 0 Å². The van der Waals surface area contributed by atoms with Crippen molar-refractivity contribution in [1.82, 2.24) is 14.6 Å². The van der Waals surface area contributed by atoms with E-state index in [1.54, 1.807) is 0 Å². The summed E-state index contributed by atoms with van der Waals surface area (Å²) in [7, 11) is 0. The first kappa shape index (κ1) is 28.9. The maximum Gasteiger partial charge on any atom is 0.160 e. The van der Waals surface area contributed by atoms with Crippen LogP contribution < -0.4 is 11.2 Å². The van der Waals surface area contributed by atoms with Crippen LogP contribution in [0, 0.1) is 0 Å². The maximum atomic E-state index is 6.84. The smallest absolute Gasteiger partial charge is 0.160 e. The van der Waals surface area contributed by atoms with E-state index in [0.29, 0.717) is 11.7 Å². The topological polar surface area (TPSA) is 81.1 Å². The summed E-state index contributed by atoms with van der Waals surface area (Å²) in [5.41, 5.74) is 19.0. The van der Waals surface area contributed by atoms with Crippen LogP contribution >= 0.6 is 0 Å². The predicted molar refractivity (Wildman–Crippen MR) is 197 cm³/mol. The normalized spacial score (nSPS) is 12.3. The third-order valence-corrected chi connectivity index (χ3v) is 8.50. The molecule has 3 N–H and O–H groups in total. The molecule has 0 amide bonds. The summed E-state index contributed by atoms with van der Waals surface area (Å²) < 4.78 is 2.11. The van der Waals surface area contributed by atoms with Gasteiger partial charge in [0.2, 0.25) is 0 Å². The van der Waals surface area contributed by atoms with Crippen LogP contribution in [0.3, 0.4) is 0 Å². The molecule has 1 atom stereocenters. The molecule has 6 aromatic carbocycles. The van der Waals surface area contributed by atoms with Crippen molar-refractivity contribution in [2.45, 2.75) is 6.17 Å². The molecule has 48 heavy (non-hydrogen) atoms. The number of amidine groups is 1. The number of nitrogens with two attached hydrogens (primary N) is 1. The highest BCUT2D eigenvalue weighted by molar-refractivity contribution is 6.08. The zero-order valence-electron chi connectivity index (χ0n) is 26.1. The number of hydrogen-bond acceptors (Lipinski definition) is 4. The third-order valence-electron chi connectivity index (χ3n) is 8.50. The first-order valence-corrected chi connectivity index (χ1v) is 15.9. The van der Waals surface area contributed by atoms with Gasteiger partial charge in [0.15, 0.2) is 12.0 Å². The number of fused-ring (bicyclic) bond motifs is 3. The molecule has 0 aliphatic carbocycles. The summed E-state index contributed by atoms with van der Waals surface area (Å²) in [6.45, 7) is 0. The van der Waals surface area contributed by atoms with E-state index in [2.05, 4.69) is 95.0 Å². The van der Waals surface area contributed by atoms with Crippen LogP contribution in [0.5, 0.6) is 0 Å². The fraction of sp³-hybridized carbons (Fsp3) is 0.0238. The highest BCUT2D eigenvalue weighted by atomic mass is 15.5. The van der Waals surface area contributed by atoms with Crippen molar-refractivity contribution in [3.8, 4) is 33.9 Å². The van der Waals surface area contributed by atoms with E-state index in [9.17, 15) is 0 Å². The van der Waals surface area contributed by atoms with Crippen LogP contribution in [0.4, 0.5) is 0 Å². The molecular weight excluding hydrogens is 589 g/mol. The van der Waals surface area contributed by atoms with Crippen molar-refractivity contribution in [1.29, 1.82) is 0 Å². The fourth-order valence-electron chi connectivity index (χ4n) is 6.12. The summed E-state index contributed by atoms with van der Waals surface area (Å²) in [6.07, 6.45) is -0.462. The van der Waals surface area contributed by atoms with Crippen molar-refractivity contribution in [2.24, 2.45) is 10.7 Å². The zero-order chi connectivity index (χ0) is 32.3. The molecule has 0 aliphatic heterocycles. The molecule has 0 radical (unpaired) electrons. The Labute approximate surface area is 278 Å². The van der Waals surface area contributed by atoms with Gasteiger partial charge in [-0.25, -0.2) is 15.0 Å². The number of nitrogens with one attached hydrogen (secondary N) is 1. The van der Waals surface area contributed by atoms with Crippen LogP contribution in [0.25, 0.3) is 55.7 Å². The van der Waals surface area contributed by atoms with Crippen LogP contribution in [-0.2, 0) is 0 Å². The molecule has 2 heterocycles. The molecule has 0 saturated heterocycles. The van der Waals surface area contributed by atoms with E-state index in [-0.39, 0.29) is 0 Å². The van der Waals surface area contributed by atoms with Gasteiger partial charge in [0, 0.05) is 33.0 Å². The average molecular weight is 621 g/mol. The Hall–Kier alpha value is -6.53. The lowest BCUT2D eigenvalue weighted by molar-refractivity contribution is 0.728. The number of para-hydroxylation sites is 2. The first-order valence-electron chi connectivity index (χ1n) is 15.9. The lowest BCUT2D eigenvalue weighted by Gasteiger charge is -2.20. The van der Waals surface area contributed by atoms with Crippen LogP contribution in [0.2, 0.25) is 0 Å². The second-order valence-corrected chi connectivity index (χ2v) is 11.6. The molecular formula is C42H32N6. The molecule has 0 bridgehead atoms. The Kier molecular flexibility index (Phi) is 7.65. The van der Waals surface area contributed by atoms with Crippen LogP contribution in [-0.4, -0.2) is 20.5 Å². The Balaban J connectivity index is 1.20. The first-order chi connectivity index (χ1) is 23.7. The minimum atomic E-state index is -0.462. The SMILES string of the molecule is NC(=NC(Nn1c2ccccc2c2ccccc21)c1ccccc1)c1cccc(-c2nc(-c3ccccc3)cc(-c3ccccc3)n2)c1. The monoisotopic (exact) mass is 620 g/mol. The van der Waals surface area contributed by atoms with Gasteiger partial charge in [-0.1, -0.05) is 146 Å². The van der Waals surface area contributed by atoms with Crippen molar-refractivity contribution in [3.05, 3.63) is 181 Å². The van der Waals surface area contributed by atoms with Crippen LogP contribution in [0.1, 0.15) is 17.3 Å². The van der Waals surface area contributed by atoms with E-state index in [1.165, 1.54) is 10.8 Å². The Morgan fingerprint density at radius 3 is 1.62 bits per heavy atom. The second-order valence-electron chi connectivity index (χ2n) is 11.6.